The molecule has 1 aromatic heterocycles. The van der Waals surface area contributed by atoms with Crippen molar-refractivity contribution in [3.05, 3.63) is 17.7 Å². The fraction of sp³-hybridized carbons (Fsp3) is 0.167. The Labute approximate surface area is 86.7 Å². The van der Waals surface area contributed by atoms with Crippen molar-refractivity contribution in [2.45, 2.75) is 11.3 Å². The largest absolute Gasteiger partial charge is 0.506 e. The molecule has 0 spiro atoms. The van der Waals surface area contributed by atoms with Gasteiger partial charge in [0.25, 0.3) is 15.5 Å². The first-order valence-electron chi connectivity index (χ1n) is 3.35. The van der Waals surface area contributed by atoms with Crippen LogP contribution >= 0.6 is 10.7 Å². The molecule has 1 aromatic rings. The summed E-state index contributed by atoms with van der Waals surface area (Å²) in [6.45, 7) is 0. The van der Waals surface area contributed by atoms with Gasteiger partial charge in [-0.15, -0.1) is 0 Å². The Morgan fingerprint density at radius 1 is 1.47 bits per heavy atom. The zero-order valence-corrected chi connectivity index (χ0v) is 8.36. The van der Waals surface area contributed by atoms with E-state index in [1.54, 1.807) is 0 Å². The molecule has 0 aromatic carbocycles. The van der Waals surface area contributed by atoms with Gasteiger partial charge in [0.1, 0.15) is 10.6 Å². The van der Waals surface area contributed by atoms with Gasteiger partial charge < -0.3 is 5.11 Å². The Hall–Kier alpha value is -1.02. The van der Waals surface area contributed by atoms with Gasteiger partial charge in [-0.25, -0.2) is 22.2 Å². The number of halogens is 4. The standard InChI is InChI=1S/C6H3ClF3NO3S/c7-15(13,14)3-1-2(12)4(5(8)9)11-6(3)10/h1,5,12H. The quantitative estimate of drug-likeness (QED) is 0.651. The van der Waals surface area contributed by atoms with E-state index in [4.69, 9.17) is 15.8 Å². The number of aromatic nitrogens is 1. The van der Waals surface area contributed by atoms with Crippen molar-refractivity contribution in [3.63, 3.8) is 0 Å². The number of pyridine rings is 1. The lowest BCUT2D eigenvalue weighted by molar-refractivity contribution is 0.140. The molecule has 0 aliphatic heterocycles. The predicted octanol–water partition coefficient (Wildman–Crippen LogP) is 1.79. The van der Waals surface area contributed by atoms with Gasteiger partial charge in [-0.1, -0.05) is 0 Å². The predicted molar refractivity (Wildman–Crippen MR) is 43.9 cm³/mol. The third kappa shape index (κ3) is 2.51. The van der Waals surface area contributed by atoms with Gasteiger partial charge in [0.2, 0.25) is 5.95 Å². The summed E-state index contributed by atoms with van der Waals surface area (Å²) < 4.78 is 58.3. The molecule has 1 rings (SSSR count). The normalized spacial score (nSPS) is 12.1. The Balaban J connectivity index is 3.46. The number of alkyl halides is 2. The van der Waals surface area contributed by atoms with Crippen molar-refractivity contribution in [2.24, 2.45) is 0 Å². The third-order valence-corrected chi connectivity index (χ3v) is 2.73. The minimum absolute atomic E-state index is 0.284. The van der Waals surface area contributed by atoms with Crippen LogP contribution in [0.1, 0.15) is 12.1 Å². The second-order valence-corrected chi connectivity index (χ2v) is 4.95. The second kappa shape index (κ2) is 3.86. The average molecular weight is 262 g/mol. The lowest BCUT2D eigenvalue weighted by atomic mass is 10.3. The molecule has 0 saturated carbocycles. The second-order valence-electron chi connectivity index (χ2n) is 2.42. The first kappa shape index (κ1) is 12.1. The highest BCUT2D eigenvalue weighted by atomic mass is 35.7. The smallest absolute Gasteiger partial charge is 0.284 e. The summed E-state index contributed by atoms with van der Waals surface area (Å²) in [6.07, 6.45) is -3.22. The molecular weight excluding hydrogens is 259 g/mol. The van der Waals surface area contributed by atoms with Gasteiger partial charge in [0, 0.05) is 16.7 Å². The van der Waals surface area contributed by atoms with Gasteiger partial charge in [0.15, 0.2) is 5.69 Å². The molecule has 0 fully saturated rings. The maximum atomic E-state index is 12.9. The van der Waals surface area contributed by atoms with E-state index in [9.17, 15) is 21.6 Å². The van der Waals surface area contributed by atoms with Crippen LogP contribution < -0.4 is 0 Å². The van der Waals surface area contributed by atoms with Crippen LogP contribution in [0.5, 0.6) is 5.75 Å². The van der Waals surface area contributed by atoms with Crippen LogP contribution in [-0.4, -0.2) is 18.5 Å². The molecule has 1 N–H and O–H groups in total. The molecule has 0 aliphatic carbocycles. The summed E-state index contributed by atoms with van der Waals surface area (Å²) in [5, 5.41) is 8.92. The number of nitrogens with zero attached hydrogens (tertiary/aromatic N) is 1. The lowest BCUT2D eigenvalue weighted by Gasteiger charge is -2.04. The molecule has 0 atom stereocenters. The number of hydrogen-bond acceptors (Lipinski definition) is 4. The van der Waals surface area contributed by atoms with Gasteiger partial charge in [-0.3, -0.25) is 0 Å². The van der Waals surface area contributed by atoms with Crippen molar-refractivity contribution in [3.8, 4) is 5.75 Å². The summed E-state index contributed by atoms with van der Waals surface area (Å²) >= 11 is 0. The Bertz CT molecular complexity index is 491. The fourth-order valence-corrected chi connectivity index (χ4v) is 1.63. The summed E-state index contributed by atoms with van der Waals surface area (Å²) in [6, 6.07) is 0.284. The monoisotopic (exact) mass is 261 g/mol. The van der Waals surface area contributed by atoms with Crippen LogP contribution in [0.3, 0.4) is 0 Å². The first-order chi connectivity index (χ1) is 6.73. The van der Waals surface area contributed by atoms with Crippen molar-refractivity contribution >= 4 is 19.7 Å². The van der Waals surface area contributed by atoms with Crippen LogP contribution in [-0.2, 0) is 9.05 Å². The van der Waals surface area contributed by atoms with Gasteiger partial charge in [0.05, 0.1) is 0 Å². The summed E-state index contributed by atoms with van der Waals surface area (Å²) in [4.78, 5) is 1.46. The van der Waals surface area contributed by atoms with Crippen LogP contribution in [0.4, 0.5) is 13.2 Å². The molecule has 0 radical (unpaired) electrons. The summed E-state index contributed by atoms with van der Waals surface area (Å²) in [5.41, 5.74) is -1.24. The summed E-state index contributed by atoms with van der Waals surface area (Å²) in [5.74, 6) is -2.82. The number of hydrogen-bond donors (Lipinski definition) is 1. The molecule has 15 heavy (non-hydrogen) atoms. The minimum atomic E-state index is -4.47. The van der Waals surface area contributed by atoms with Crippen molar-refractivity contribution < 1.29 is 26.7 Å². The molecule has 1 heterocycles. The van der Waals surface area contributed by atoms with E-state index >= 15 is 0 Å². The highest BCUT2D eigenvalue weighted by molar-refractivity contribution is 8.13. The highest BCUT2D eigenvalue weighted by Crippen LogP contribution is 2.30. The third-order valence-electron chi connectivity index (χ3n) is 1.42. The van der Waals surface area contributed by atoms with Crippen molar-refractivity contribution in [1.29, 1.82) is 0 Å². The molecule has 4 nitrogen and oxygen atoms in total. The van der Waals surface area contributed by atoms with Crippen molar-refractivity contribution in [2.75, 3.05) is 0 Å². The van der Waals surface area contributed by atoms with Crippen LogP contribution in [0, 0.1) is 5.95 Å². The maximum absolute atomic E-state index is 12.9. The molecule has 0 bridgehead atoms. The van der Waals surface area contributed by atoms with E-state index < -0.39 is 37.8 Å². The van der Waals surface area contributed by atoms with Gasteiger partial charge >= 0.3 is 0 Å². The molecule has 0 amide bonds. The number of rotatable bonds is 2. The van der Waals surface area contributed by atoms with Crippen LogP contribution in [0.15, 0.2) is 11.0 Å². The lowest BCUT2D eigenvalue weighted by Crippen LogP contribution is -2.02. The maximum Gasteiger partial charge on any atom is 0.284 e. The van der Waals surface area contributed by atoms with Crippen LogP contribution in [0.2, 0.25) is 0 Å². The van der Waals surface area contributed by atoms with Crippen LogP contribution in [0.25, 0.3) is 0 Å². The minimum Gasteiger partial charge on any atom is -0.506 e. The van der Waals surface area contributed by atoms with Crippen molar-refractivity contribution in [1.82, 2.24) is 4.98 Å². The zero-order valence-electron chi connectivity index (χ0n) is 6.79. The van der Waals surface area contributed by atoms with E-state index in [-0.39, 0.29) is 6.07 Å². The van der Waals surface area contributed by atoms with E-state index in [1.807, 2.05) is 0 Å². The van der Waals surface area contributed by atoms with E-state index in [1.165, 1.54) is 0 Å². The zero-order chi connectivity index (χ0) is 11.8. The topological polar surface area (TPSA) is 67.3 Å². The highest BCUT2D eigenvalue weighted by Gasteiger charge is 2.24. The molecule has 84 valence electrons. The van der Waals surface area contributed by atoms with Gasteiger partial charge in [-0.2, -0.15) is 4.39 Å². The SMILES string of the molecule is O=S(=O)(Cl)c1cc(O)c(C(F)F)nc1F. The first-order valence-corrected chi connectivity index (χ1v) is 5.66. The summed E-state index contributed by atoms with van der Waals surface area (Å²) in [7, 11) is 0.293. The Kier molecular flexibility index (Phi) is 3.10. The Morgan fingerprint density at radius 3 is 2.40 bits per heavy atom. The molecule has 9 heteroatoms. The molecule has 0 aliphatic rings. The average Bonchev–Trinajstić information content (AvgIpc) is 2.06. The van der Waals surface area contributed by atoms with E-state index in [2.05, 4.69) is 4.98 Å². The fourth-order valence-electron chi connectivity index (χ4n) is 0.807. The molecule has 0 unspecified atom stereocenters. The van der Waals surface area contributed by atoms with E-state index in [0.717, 1.165) is 0 Å². The molecular formula is C6H3ClF3NO3S. The Morgan fingerprint density at radius 2 is 2.00 bits per heavy atom. The number of aromatic hydroxyl groups is 1. The molecule has 0 saturated heterocycles. The van der Waals surface area contributed by atoms with Gasteiger partial charge in [-0.05, 0) is 0 Å². The van der Waals surface area contributed by atoms with E-state index in [0.29, 0.717) is 0 Å².